The van der Waals surface area contributed by atoms with Crippen LogP contribution in [-0.4, -0.2) is 28.9 Å². The van der Waals surface area contributed by atoms with Crippen molar-refractivity contribution >= 4 is 17.7 Å². The number of Topliss-reactive ketones (excluding diaryl/α,β-unsaturated/α-hetero) is 1. The van der Waals surface area contributed by atoms with Gasteiger partial charge in [0.15, 0.2) is 0 Å². The Bertz CT molecular complexity index is 1050. The van der Waals surface area contributed by atoms with Gasteiger partial charge >= 0.3 is 11.9 Å². The standard InChI is InChI=1S/C32H48O5/c1-19(2)10-9-11-21(28(35)36)24-18-27(37-20(3)33)32(8)23-12-13-25-29(4,5)26(34)15-16-30(25,6)22(23)14-17-31(24,32)7/h10,21,24-25,27H,9,11-18H2,1-8H3,(H,35,36)/t21-,24+,25-,27-,30+,31+,32+/m0/s1. The average Bonchev–Trinajstić information content (AvgIpc) is 3.01. The number of esters is 1. The van der Waals surface area contributed by atoms with Crippen molar-refractivity contribution in [1.29, 1.82) is 0 Å². The van der Waals surface area contributed by atoms with Gasteiger partial charge in [-0.15, -0.1) is 0 Å². The van der Waals surface area contributed by atoms with Gasteiger partial charge in [0, 0.05) is 24.2 Å². The Morgan fingerprint density at radius 3 is 2.30 bits per heavy atom. The van der Waals surface area contributed by atoms with E-state index in [4.69, 9.17) is 4.74 Å². The van der Waals surface area contributed by atoms with Crippen molar-refractivity contribution in [3.63, 3.8) is 0 Å². The van der Waals surface area contributed by atoms with E-state index in [-0.39, 0.29) is 34.2 Å². The van der Waals surface area contributed by atoms with Gasteiger partial charge in [0.25, 0.3) is 0 Å². The van der Waals surface area contributed by atoms with E-state index >= 15 is 0 Å². The molecule has 37 heavy (non-hydrogen) atoms. The number of carbonyl (C=O) groups excluding carboxylic acids is 2. The lowest BCUT2D eigenvalue weighted by Crippen LogP contribution is -2.55. The van der Waals surface area contributed by atoms with Crippen molar-refractivity contribution in [3.8, 4) is 0 Å². The molecule has 4 aliphatic rings. The number of fused-ring (bicyclic) bond motifs is 4. The molecule has 1 N–H and O–H groups in total. The molecule has 0 spiro atoms. The van der Waals surface area contributed by atoms with E-state index in [1.54, 1.807) is 0 Å². The lowest BCUT2D eigenvalue weighted by molar-refractivity contribution is -0.154. The van der Waals surface area contributed by atoms with Gasteiger partial charge in [-0.05, 0) is 87.9 Å². The zero-order chi connectivity index (χ0) is 27.6. The average molecular weight is 513 g/mol. The summed E-state index contributed by atoms with van der Waals surface area (Å²) in [6, 6.07) is 0. The van der Waals surface area contributed by atoms with Crippen LogP contribution in [0, 0.1) is 39.4 Å². The molecule has 0 radical (unpaired) electrons. The minimum absolute atomic E-state index is 0.0379. The number of ether oxygens (including phenoxy) is 1. The lowest BCUT2D eigenvalue weighted by atomic mass is 9.43. The van der Waals surface area contributed by atoms with Crippen LogP contribution in [0.1, 0.15) is 113 Å². The van der Waals surface area contributed by atoms with Crippen LogP contribution < -0.4 is 0 Å². The van der Waals surface area contributed by atoms with Gasteiger partial charge in [-0.1, -0.05) is 57.4 Å². The second kappa shape index (κ2) is 9.38. The summed E-state index contributed by atoms with van der Waals surface area (Å²) in [4.78, 5) is 37.9. The number of rotatable bonds is 6. The van der Waals surface area contributed by atoms with Crippen LogP contribution in [-0.2, 0) is 19.1 Å². The summed E-state index contributed by atoms with van der Waals surface area (Å²) in [5.74, 6) is -0.863. The van der Waals surface area contributed by atoms with Gasteiger partial charge in [-0.25, -0.2) is 0 Å². The van der Waals surface area contributed by atoms with Gasteiger partial charge in [-0.2, -0.15) is 0 Å². The summed E-state index contributed by atoms with van der Waals surface area (Å²) in [5.41, 5.74) is 3.05. The Hall–Kier alpha value is -1.91. The summed E-state index contributed by atoms with van der Waals surface area (Å²) in [6.45, 7) is 16.8. The van der Waals surface area contributed by atoms with Gasteiger partial charge in [0.05, 0.1) is 5.92 Å². The largest absolute Gasteiger partial charge is 0.481 e. The first kappa shape index (κ1) is 28.1. The van der Waals surface area contributed by atoms with Crippen LogP contribution in [0.2, 0.25) is 0 Å². The van der Waals surface area contributed by atoms with E-state index < -0.39 is 17.3 Å². The Morgan fingerprint density at radius 1 is 1.03 bits per heavy atom. The summed E-state index contributed by atoms with van der Waals surface area (Å²) < 4.78 is 6.10. The van der Waals surface area contributed by atoms with E-state index in [2.05, 4.69) is 40.7 Å². The Morgan fingerprint density at radius 2 is 1.70 bits per heavy atom. The highest BCUT2D eigenvalue weighted by Gasteiger charge is 2.68. The van der Waals surface area contributed by atoms with Gasteiger partial charge < -0.3 is 9.84 Å². The maximum atomic E-state index is 12.9. The molecule has 0 bridgehead atoms. The first-order valence-corrected chi connectivity index (χ1v) is 14.4. The molecule has 4 rings (SSSR count). The third-order valence-electron chi connectivity index (χ3n) is 11.7. The van der Waals surface area contributed by atoms with Crippen LogP contribution in [0.15, 0.2) is 22.8 Å². The van der Waals surface area contributed by atoms with E-state index in [1.807, 2.05) is 13.8 Å². The molecule has 5 heteroatoms. The molecule has 5 nitrogen and oxygen atoms in total. The van der Waals surface area contributed by atoms with Gasteiger partial charge in [0.2, 0.25) is 0 Å². The van der Waals surface area contributed by atoms with Crippen molar-refractivity contribution in [3.05, 3.63) is 22.8 Å². The minimum atomic E-state index is -0.734. The molecule has 0 aliphatic heterocycles. The first-order chi connectivity index (χ1) is 17.1. The molecule has 0 aromatic heterocycles. The molecular formula is C32H48O5. The molecule has 0 heterocycles. The maximum Gasteiger partial charge on any atom is 0.306 e. The first-order valence-electron chi connectivity index (χ1n) is 14.4. The second-order valence-corrected chi connectivity index (χ2v) is 14.0. The summed E-state index contributed by atoms with van der Waals surface area (Å²) in [6.07, 6.45) is 8.96. The van der Waals surface area contributed by atoms with Crippen LogP contribution in [0.4, 0.5) is 0 Å². The van der Waals surface area contributed by atoms with Gasteiger partial charge in [0.1, 0.15) is 11.9 Å². The van der Waals surface area contributed by atoms with Gasteiger partial charge in [-0.3, -0.25) is 14.4 Å². The maximum absolute atomic E-state index is 12.9. The Labute approximate surface area is 223 Å². The fourth-order valence-electron chi connectivity index (χ4n) is 9.57. The molecule has 0 amide bonds. The number of hydrogen-bond donors (Lipinski definition) is 1. The molecule has 0 aromatic rings. The summed E-state index contributed by atoms with van der Waals surface area (Å²) in [5, 5.41) is 10.4. The molecule has 0 unspecified atom stereocenters. The molecule has 0 aromatic carbocycles. The number of aliphatic carboxylic acids is 1. The molecule has 4 aliphatic carbocycles. The number of carbonyl (C=O) groups is 3. The molecule has 2 saturated carbocycles. The molecule has 206 valence electrons. The molecule has 0 saturated heterocycles. The van der Waals surface area contributed by atoms with Crippen LogP contribution in [0.5, 0.6) is 0 Å². The lowest BCUT2D eigenvalue weighted by Gasteiger charge is -2.61. The number of ketones is 1. The van der Waals surface area contributed by atoms with Crippen molar-refractivity contribution in [2.24, 2.45) is 39.4 Å². The van der Waals surface area contributed by atoms with Crippen molar-refractivity contribution < 1.29 is 24.2 Å². The van der Waals surface area contributed by atoms with E-state index in [0.717, 1.165) is 38.5 Å². The molecule has 7 atom stereocenters. The van der Waals surface area contributed by atoms with Crippen molar-refractivity contribution in [1.82, 2.24) is 0 Å². The highest BCUT2D eigenvalue weighted by Crippen LogP contribution is 2.72. The summed E-state index contributed by atoms with van der Waals surface area (Å²) in [7, 11) is 0. The zero-order valence-electron chi connectivity index (χ0n) is 24.3. The summed E-state index contributed by atoms with van der Waals surface area (Å²) >= 11 is 0. The number of hydrogen-bond acceptors (Lipinski definition) is 4. The highest BCUT2D eigenvalue weighted by molar-refractivity contribution is 5.85. The Kier molecular flexibility index (Phi) is 7.12. The predicted octanol–water partition coefficient (Wildman–Crippen LogP) is 7.29. The van der Waals surface area contributed by atoms with E-state index in [0.29, 0.717) is 31.0 Å². The predicted molar refractivity (Wildman–Crippen MR) is 145 cm³/mol. The second-order valence-electron chi connectivity index (χ2n) is 14.0. The van der Waals surface area contributed by atoms with E-state index in [9.17, 15) is 19.5 Å². The van der Waals surface area contributed by atoms with E-state index in [1.165, 1.54) is 23.6 Å². The minimum Gasteiger partial charge on any atom is -0.481 e. The number of allylic oxidation sites excluding steroid dienone is 3. The van der Waals surface area contributed by atoms with Crippen LogP contribution in [0.3, 0.4) is 0 Å². The Balaban J connectivity index is 1.81. The normalized spacial score (nSPS) is 39.2. The number of carboxylic acids is 1. The number of carboxylic acid groups (broad SMARTS) is 1. The van der Waals surface area contributed by atoms with Crippen molar-refractivity contribution in [2.45, 2.75) is 119 Å². The quantitative estimate of drug-likeness (QED) is 0.298. The molecule has 2 fully saturated rings. The third-order valence-corrected chi connectivity index (χ3v) is 11.7. The molecular weight excluding hydrogens is 464 g/mol. The topological polar surface area (TPSA) is 80.7 Å². The smallest absolute Gasteiger partial charge is 0.306 e. The fourth-order valence-corrected chi connectivity index (χ4v) is 9.57. The van der Waals surface area contributed by atoms with Crippen molar-refractivity contribution in [2.75, 3.05) is 0 Å². The SMILES string of the molecule is CC(=O)O[C@H]1C[C@H]([C@H](CCC=C(C)C)C(=O)O)[C@@]2(C)CCC3=C(CC[C@H]4C(C)(C)C(=O)CC[C@]34C)[C@]12C. The van der Waals surface area contributed by atoms with Crippen LogP contribution in [0.25, 0.3) is 0 Å². The highest BCUT2D eigenvalue weighted by atomic mass is 16.5. The van der Waals surface area contributed by atoms with Crippen LogP contribution >= 0.6 is 0 Å². The monoisotopic (exact) mass is 512 g/mol. The fraction of sp³-hybridized carbons (Fsp3) is 0.781. The zero-order valence-corrected chi connectivity index (χ0v) is 24.3. The third kappa shape index (κ3) is 4.14.